The number of nitrogens with zero attached hydrogens (tertiary/aromatic N) is 2. The number of carbonyl (C=O) groups is 1. The molecule has 2 aliphatic rings. The van der Waals surface area contributed by atoms with Gasteiger partial charge in [-0.2, -0.15) is 0 Å². The second kappa shape index (κ2) is 4.96. The van der Waals surface area contributed by atoms with E-state index in [0.717, 1.165) is 25.9 Å². The van der Waals surface area contributed by atoms with Crippen LogP contribution in [0.15, 0.2) is 18.3 Å². The third-order valence-electron chi connectivity index (χ3n) is 3.67. The van der Waals surface area contributed by atoms with Crippen LogP contribution in [0.25, 0.3) is 0 Å². The summed E-state index contributed by atoms with van der Waals surface area (Å²) < 4.78 is 0. The summed E-state index contributed by atoms with van der Waals surface area (Å²) in [5.74, 6) is 1.02. The lowest BCUT2D eigenvalue weighted by Gasteiger charge is -2.28. The van der Waals surface area contributed by atoms with E-state index >= 15 is 0 Å². The van der Waals surface area contributed by atoms with Gasteiger partial charge < -0.3 is 10.2 Å². The van der Waals surface area contributed by atoms with Crippen LogP contribution in [-0.4, -0.2) is 24.0 Å². The molecule has 96 valence electrons. The Morgan fingerprint density at radius 2 is 2.00 bits per heavy atom. The van der Waals surface area contributed by atoms with E-state index in [9.17, 15) is 4.79 Å². The van der Waals surface area contributed by atoms with Gasteiger partial charge in [0.05, 0.1) is 11.9 Å². The zero-order valence-electron chi connectivity index (χ0n) is 10.6. The Labute approximate surface area is 107 Å². The predicted molar refractivity (Wildman–Crippen MR) is 71.7 cm³/mol. The highest BCUT2D eigenvalue weighted by Crippen LogP contribution is 2.30. The Hall–Kier alpha value is -1.58. The van der Waals surface area contributed by atoms with Crippen LogP contribution in [0.3, 0.4) is 0 Å². The number of rotatable bonds is 3. The molecular formula is C14H19N3O. The van der Waals surface area contributed by atoms with Gasteiger partial charge in [-0.3, -0.25) is 4.79 Å². The average Bonchev–Trinajstić information content (AvgIpc) is 3.25. The van der Waals surface area contributed by atoms with Crippen molar-refractivity contribution < 1.29 is 4.79 Å². The van der Waals surface area contributed by atoms with Gasteiger partial charge in [0.25, 0.3) is 0 Å². The first-order valence-corrected chi connectivity index (χ1v) is 6.85. The molecule has 1 aromatic heterocycles. The third-order valence-corrected chi connectivity index (χ3v) is 3.67. The summed E-state index contributed by atoms with van der Waals surface area (Å²) in [4.78, 5) is 18.3. The molecule has 0 atom stereocenters. The fourth-order valence-corrected chi connectivity index (χ4v) is 2.37. The number of nitrogens with one attached hydrogen (secondary N) is 1. The molecule has 1 saturated carbocycles. The summed E-state index contributed by atoms with van der Waals surface area (Å²) in [6.07, 6.45) is 7.78. The van der Waals surface area contributed by atoms with E-state index < -0.39 is 0 Å². The smallest absolute Gasteiger partial charge is 0.228 e. The van der Waals surface area contributed by atoms with Gasteiger partial charge in [-0.05, 0) is 44.2 Å². The lowest BCUT2D eigenvalue weighted by atomic mass is 10.1. The minimum absolute atomic E-state index is 0.119. The van der Waals surface area contributed by atoms with Crippen molar-refractivity contribution in [2.45, 2.75) is 32.1 Å². The van der Waals surface area contributed by atoms with Gasteiger partial charge in [0.15, 0.2) is 0 Å². The zero-order chi connectivity index (χ0) is 12.4. The molecule has 1 aliphatic carbocycles. The second-order valence-corrected chi connectivity index (χ2v) is 5.21. The summed E-state index contributed by atoms with van der Waals surface area (Å²) in [6, 6.07) is 3.96. The van der Waals surface area contributed by atoms with E-state index in [1.165, 1.54) is 24.9 Å². The van der Waals surface area contributed by atoms with E-state index in [2.05, 4.69) is 21.3 Å². The number of hydrogen-bond acceptors (Lipinski definition) is 3. The number of anilines is 2. The van der Waals surface area contributed by atoms with Gasteiger partial charge in [-0.1, -0.05) is 0 Å². The van der Waals surface area contributed by atoms with E-state index in [4.69, 9.17) is 0 Å². The lowest BCUT2D eigenvalue weighted by molar-refractivity contribution is -0.117. The highest BCUT2D eigenvalue weighted by molar-refractivity contribution is 5.93. The van der Waals surface area contributed by atoms with E-state index in [1.807, 2.05) is 12.3 Å². The molecule has 1 aliphatic heterocycles. The maximum absolute atomic E-state index is 11.6. The van der Waals surface area contributed by atoms with Crippen molar-refractivity contribution in [3.63, 3.8) is 0 Å². The normalized spacial score (nSPS) is 19.7. The highest BCUT2D eigenvalue weighted by atomic mass is 16.2. The van der Waals surface area contributed by atoms with Crippen LogP contribution in [0.5, 0.6) is 0 Å². The Bertz CT molecular complexity index is 419. The molecule has 4 heteroatoms. The first kappa shape index (κ1) is 11.5. The number of hydrogen-bond donors (Lipinski definition) is 1. The number of aromatic nitrogens is 1. The Morgan fingerprint density at radius 3 is 2.61 bits per heavy atom. The zero-order valence-corrected chi connectivity index (χ0v) is 10.6. The fourth-order valence-electron chi connectivity index (χ4n) is 2.37. The fraction of sp³-hybridized carbons (Fsp3) is 0.571. The van der Waals surface area contributed by atoms with Gasteiger partial charge >= 0.3 is 0 Å². The molecule has 0 aromatic carbocycles. The van der Waals surface area contributed by atoms with Crippen LogP contribution >= 0.6 is 0 Å². The minimum atomic E-state index is 0.119. The van der Waals surface area contributed by atoms with E-state index in [0.29, 0.717) is 5.82 Å². The second-order valence-electron chi connectivity index (χ2n) is 5.21. The van der Waals surface area contributed by atoms with Crippen LogP contribution < -0.4 is 10.2 Å². The first-order chi connectivity index (χ1) is 8.83. The summed E-state index contributed by atoms with van der Waals surface area (Å²) in [6.45, 7) is 2.24. The summed E-state index contributed by atoms with van der Waals surface area (Å²) >= 11 is 0. The molecular weight excluding hydrogens is 226 g/mol. The molecule has 2 heterocycles. The quantitative estimate of drug-likeness (QED) is 0.889. The molecule has 1 N–H and O–H groups in total. The number of amides is 1. The third kappa shape index (κ3) is 2.63. The van der Waals surface area contributed by atoms with Gasteiger partial charge in [0.2, 0.25) is 5.91 Å². The molecule has 0 bridgehead atoms. The van der Waals surface area contributed by atoms with Crippen molar-refractivity contribution in [1.82, 2.24) is 4.98 Å². The van der Waals surface area contributed by atoms with Crippen LogP contribution in [0, 0.1) is 5.92 Å². The maximum atomic E-state index is 11.6. The Morgan fingerprint density at radius 1 is 1.22 bits per heavy atom. The monoisotopic (exact) mass is 245 g/mol. The molecule has 1 aromatic rings. The molecule has 3 rings (SSSR count). The Balaban J connectivity index is 1.62. The highest BCUT2D eigenvalue weighted by Gasteiger charge is 2.29. The van der Waals surface area contributed by atoms with Crippen molar-refractivity contribution in [2.75, 3.05) is 23.3 Å². The van der Waals surface area contributed by atoms with Gasteiger partial charge in [-0.15, -0.1) is 0 Å². The van der Waals surface area contributed by atoms with E-state index in [1.54, 1.807) is 0 Å². The lowest BCUT2D eigenvalue weighted by Crippen LogP contribution is -2.29. The number of pyridine rings is 1. The minimum Gasteiger partial charge on any atom is -0.370 e. The summed E-state index contributed by atoms with van der Waals surface area (Å²) in [5.41, 5.74) is 1.17. The van der Waals surface area contributed by atoms with Crippen LogP contribution in [-0.2, 0) is 4.79 Å². The molecule has 1 saturated heterocycles. The van der Waals surface area contributed by atoms with Crippen LogP contribution in [0.4, 0.5) is 11.5 Å². The van der Waals surface area contributed by atoms with Crippen molar-refractivity contribution >= 4 is 17.4 Å². The van der Waals surface area contributed by atoms with Gasteiger partial charge in [0, 0.05) is 19.0 Å². The molecule has 0 radical (unpaired) electrons. The maximum Gasteiger partial charge on any atom is 0.228 e. The van der Waals surface area contributed by atoms with Crippen molar-refractivity contribution in [2.24, 2.45) is 5.92 Å². The molecule has 1 amide bonds. The molecule has 2 fully saturated rings. The molecule has 18 heavy (non-hydrogen) atoms. The topological polar surface area (TPSA) is 45.2 Å². The standard InChI is InChI=1S/C14H19N3O/c18-14(11-4-5-11)16-13-7-6-12(10-15-13)17-8-2-1-3-9-17/h6-7,10-11H,1-5,8-9H2,(H,15,16,18). The van der Waals surface area contributed by atoms with Crippen molar-refractivity contribution in [1.29, 1.82) is 0 Å². The SMILES string of the molecule is O=C(Nc1ccc(N2CCCCC2)cn1)C1CC1. The molecule has 0 spiro atoms. The van der Waals surface area contributed by atoms with Crippen LogP contribution in [0.1, 0.15) is 32.1 Å². The number of piperidine rings is 1. The summed E-state index contributed by atoms with van der Waals surface area (Å²) in [7, 11) is 0. The molecule has 0 unspecified atom stereocenters. The van der Waals surface area contributed by atoms with Crippen molar-refractivity contribution in [3.05, 3.63) is 18.3 Å². The Kier molecular flexibility index (Phi) is 3.17. The summed E-state index contributed by atoms with van der Waals surface area (Å²) in [5, 5.41) is 2.87. The average molecular weight is 245 g/mol. The molecule has 4 nitrogen and oxygen atoms in total. The number of carbonyl (C=O) groups excluding carboxylic acids is 1. The predicted octanol–water partition coefficient (Wildman–Crippen LogP) is 2.42. The first-order valence-electron chi connectivity index (χ1n) is 6.85. The van der Waals surface area contributed by atoms with E-state index in [-0.39, 0.29) is 11.8 Å². The van der Waals surface area contributed by atoms with Gasteiger partial charge in [-0.25, -0.2) is 4.98 Å². The van der Waals surface area contributed by atoms with Crippen molar-refractivity contribution in [3.8, 4) is 0 Å². The van der Waals surface area contributed by atoms with Gasteiger partial charge in [0.1, 0.15) is 5.82 Å². The largest absolute Gasteiger partial charge is 0.370 e. The van der Waals surface area contributed by atoms with Crippen LogP contribution in [0.2, 0.25) is 0 Å².